The predicted molar refractivity (Wildman–Crippen MR) is 69.8 cm³/mol. The smallest absolute Gasteiger partial charge is 0.338 e. The van der Waals surface area contributed by atoms with E-state index in [0.29, 0.717) is 6.61 Å². The summed E-state index contributed by atoms with van der Waals surface area (Å²) in [6, 6.07) is 9.54. The predicted octanol–water partition coefficient (Wildman–Crippen LogP) is 1.65. The number of hydrogen-bond acceptors (Lipinski definition) is 5. The Bertz CT molecular complexity index is 480. The standard InChI is InChI=1S/C15H18O5/c1-15(2)19-12(11-9-17-11)13(20-15)14(16)18-8-10-6-4-3-5-7-10/h3-7,11-13H,8-9H2,1-2H3/t11-,12+,13+/m0/s1. The maximum atomic E-state index is 12.2. The topological polar surface area (TPSA) is 57.3 Å². The molecular formula is C15H18O5. The van der Waals surface area contributed by atoms with Crippen molar-refractivity contribution in [3.63, 3.8) is 0 Å². The minimum atomic E-state index is -0.785. The normalized spacial score (nSPS) is 31.0. The lowest BCUT2D eigenvalue weighted by Gasteiger charge is -2.16. The molecule has 5 heteroatoms. The third-order valence-electron chi connectivity index (χ3n) is 3.31. The van der Waals surface area contributed by atoms with E-state index in [1.54, 1.807) is 13.8 Å². The summed E-state index contributed by atoms with van der Waals surface area (Å²) in [5.74, 6) is -1.19. The van der Waals surface area contributed by atoms with Crippen LogP contribution in [0.2, 0.25) is 0 Å². The van der Waals surface area contributed by atoms with Crippen molar-refractivity contribution in [2.45, 2.75) is 44.6 Å². The van der Waals surface area contributed by atoms with E-state index in [9.17, 15) is 4.79 Å². The molecule has 2 fully saturated rings. The minimum absolute atomic E-state index is 0.0638. The quantitative estimate of drug-likeness (QED) is 0.619. The van der Waals surface area contributed by atoms with Crippen LogP contribution < -0.4 is 0 Å². The first-order valence-corrected chi connectivity index (χ1v) is 6.73. The van der Waals surface area contributed by atoms with Gasteiger partial charge in [-0.05, 0) is 19.4 Å². The molecule has 2 saturated heterocycles. The lowest BCUT2D eigenvalue weighted by Crippen LogP contribution is -2.36. The van der Waals surface area contributed by atoms with Gasteiger partial charge in [0.25, 0.3) is 0 Å². The number of ether oxygens (including phenoxy) is 4. The number of benzene rings is 1. The van der Waals surface area contributed by atoms with Crippen LogP contribution in [0.1, 0.15) is 19.4 Å². The molecule has 0 saturated carbocycles. The maximum Gasteiger partial charge on any atom is 0.338 e. The van der Waals surface area contributed by atoms with Crippen molar-refractivity contribution in [1.82, 2.24) is 0 Å². The fourth-order valence-electron chi connectivity index (χ4n) is 2.30. The van der Waals surface area contributed by atoms with Gasteiger partial charge in [0.15, 0.2) is 11.9 Å². The average molecular weight is 278 g/mol. The number of epoxide rings is 1. The second-order valence-corrected chi connectivity index (χ2v) is 5.49. The first-order chi connectivity index (χ1) is 9.55. The van der Waals surface area contributed by atoms with Crippen molar-refractivity contribution in [2.75, 3.05) is 6.61 Å². The summed E-state index contributed by atoms with van der Waals surface area (Å²) in [4.78, 5) is 12.2. The molecule has 0 unspecified atom stereocenters. The van der Waals surface area contributed by atoms with Gasteiger partial charge < -0.3 is 18.9 Å². The Morgan fingerprint density at radius 2 is 2.00 bits per heavy atom. The highest BCUT2D eigenvalue weighted by molar-refractivity contribution is 5.76. The van der Waals surface area contributed by atoms with Crippen molar-refractivity contribution in [1.29, 1.82) is 0 Å². The molecular weight excluding hydrogens is 260 g/mol. The molecule has 3 rings (SSSR count). The van der Waals surface area contributed by atoms with Gasteiger partial charge in [0, 0.05) is 0 Å². The zero-order valence-corrected chi connectivity index (χ0v) is 11.6. The Labute approximate surface area is 117 Å². The van der Waals surface area contributed by atoms with Crippen molar-refractivity contribution in [3.05, 3.63) is 35.9 Å². The molecule has 0 N–H and O–H groups in total. The molecule has 0 amide bonds. The summed E-state index contributed by atoms with van der Waals surface area (Å²) >= 11 is 0. The summed E-state index contributed by atoms with van der Waals surface area (Å²) in [6.45, 7) is 4.41. The van der Waals surface area contributed by atoms with Gasteiger partial charge in [-0.15, -0.1) is 0 Å². The summed E-state index contributed by atoms with van der Waals surface area (Å²) in [5.41, 5.74) is 0.943. The van der Waals surface area contributed by atoms with E-state index >= 15 is 0 Å². The second kappa shape index (κ2) is 5.16. The number of carbonyl (C=O) groups is 1. The molecule has 20 heavy (non-hydrogen) atoms. The molecule has 0 bridgehead atoms. The Morgan fingerprint density at radius 1 is 1.30 bits per heavy atom. The van der Waals surface area contributed by atoms with Gasteiger partial charge in [-0.3, -0.25) is 0 Å². The van der Waals surface area contributed by atoms with E-state index in [1.807, 2.05) is 30.3 Å². The number of rotatable bonds is 4. The molecule has 0 spiro atoms. The highest BCUT2D eigenvalue weighted by Gasteiger charge is 2.53. The zero-order valence-electron chi connectivity index (χ0n) is 11.6. The van der Waals surface area contributed by atoms with Gasteiger partial charge in [0.1, 0.15) is 18.8 Å². The summed E-state index contributed by atoms with van der Waals surface area (Å²) in [6.07, 6.45) is -1.17. The highest BCUT2D eigenvalue weighted by atomic mass is 16.8. The van der Waals surface area contributed by atoms with Crippen LogP contribution in [0, 0.1) is 0 Å². The monoisotopic (exact) mass is 278 g/mol. The van der Waals surface area contributed by atoms with Crippen molar-refractivity contribution >= 4 is 5.97 Å². The van der Waals surface area contributed by atoms with Crippen LogP contribution in [0.25, 0.3) is 0 Å². The Morgan fingerprint density at radius 3 is 2.65 bits per heavy atom. The molecule has 108 valence electrons. The van der Waals surface area contributed by atoms with Crippen LogP contribution in [-0.4, -0.2) is 36.7 Å². The molecule has 0 radical (unpaired) electrons. The number of esters is 1. The van der Waals surface area contributed by atoms with Crippen molar-refractivity contribution < 1.29 is 23.7 Å². The van der Waals surface area contributed by atoms with Crippen molar-refractivity contribution in [3.8, 4) is 0 Å². The molecule has 1 aromatic rings. The SMILES string of the molecule is CC1(C)O[C@H]([C@@H]2CO2)[C@H](C(=O)OCc2ccccc2)O1. The maximum absolute atomic E-state index is 12.2. The van der Waals surface area contributed by atoms with E-state index in [0.717, 1.165) is 5.56 Å². The van der Waals surface area contributed by atoms with Crippen LogP contribution in [0.3, 0.4) is 0 Å². The average Bonchev–Trinajstić information content (AvgIpc) is 3.21. The Kier molecular flexibility index (Phi) is 3.50. The first-order valence-electron chi connectivity index (χ1n) is 6.73. The largest absolute Gasteiger partial charge is 0.459 e. The lowest BCUT2D eigenvalue weighted by molar-refractivity contribution is -0.171. The molecule has 0 aromatic heterocycles. The minimum Gasteiger partial charge on any atom is -0.459 e. The van der Waals surface area contributed by atoms with E-state index in [-0.39, 0.29) is 18.8 Å². The van der Waals surface area contributed by atoms with Crippen LogP contribution in [0.15, 0.2) is 30.3 Å². The van der Waals surface area contributed by atoms with Crippen LogP contribution in [0.4, 0.5) is 0 Å². The molecule has 3 atom stereocenters. The zero-order chi connectivity index (χ0) is 14.2. The summed E-state index contributed by atoms with van der Waals surface area (Å²) < 4.78 is 21.9. The number of hydrogen-bond donors (Lipinski definition) is 0. The summed E-state index contributed by atoms with van der Waals surface area (Å²) in [7, 11) is 0. The Hall–Kier alpha value is -1.43. The van der Waals surface area contributed by atoms with E-state index < -0.39 is 17.9 Å². The van der Waals surface area contributed by atoms with Gasteiger partial charge in [-0.1, -0.05) is 30.3 Å². The molecule has 5 nitrogen and oxygen atoms in total. The first kappa shape index (κ1) is 13.5. The third kappa shape index (κ3) is 3.00. The van der Waals surface area contributed by atoms with Crippen LogP contribution in [-0.2, 0) is 30.3 Å². The molecule has 2 heterocycles. The van der Waals surface area contributed by atoms with Gasteiger partial charge in [0.2, 0.25) is 0 Å². The van der Waals surface area contributed by atoms with E-state index in [4.69, 9.17) is 18.9 Å². The molecule has 2 aliphatic heterocycles. The van der Waals surface area contributed by atoms with E-state index in [2.05, 4.69) is 0 Å². The fraction of sp³-hybridized carbons (Fsp3) is 0.533. The lowest BCUT2D eigenvalue weighted by atomic mass is 10.1. The van der Waals surface area contributed by atoms with Crippen molar-refractivity contribution in [2.24, 2.45) is 0 Å². The molecule has 0 aliphatic carbocycles. The third-order valence-corrected chi connectivity index (χ3v) is 3.31. The fourth-order valence-corrected chi connectivity index (χ4v) is 2.30. The van der Waals surface area contributed by atoms with Gasteiger partial charge in [0.05, 0.1) is 6.61 Å². The van der Waals surface area contributed by atoms with Crippen LogP contribution >= 0.6 is 0 Å². The van der Waals surface area contributed by atoms with Gasteiger partial charge in [-0.25, -0.2) is 4.79 Å². The summed E-state index contributed by atoms with van der Waals surface area (Å²) in [5, 5.41) is 0. The molecule has 2 aliphatic rings. The second-order valence-electron chi connectivity index (χ2n) is 5.49. The van der Waals surface area contributed by atoms with Gasteiger partial charge in [-0.2, -0.15) is 0 Å². The van der Waals surface area contributed by atoms with E-state index in [1.165, 1.54) is 0 Å². The Balaban J connectivity index is 1.61. The van der Waals surface area contributed by atoms with Crippen LogP contribution in [0.5, 0.6) is 0 Å². The van der Waals surface area contributed by atoms with Gasteiger partial charge >= 0.3 is 5.97 Å². The highest BCUT2D eigenvalue weighted by Crippen LogP contribution is 2.35. The number of carbonyl (C=O) groups excluding carboxylic acids is 1. The molecule has 1 aromatic carbocycles.